The monoisotopic (exact) mass is 623 g/mol. The minimum absolute atomic E-state index is 0.00547. The van der Waals surface area contributed by atoms with Crippen LogP contribution in [0, 0.1) is 5.82 Å². The first-order valence-electron chi connectivity index (χ1n) is 13.6. The van der Waals surface area contributed by atoms with E-state index < -0.39 is 26.6 Å². The molecule has 0 unspecified atom stereocenters. The Balaban J connectivity index is 1.64. The molecule has 2 N–H and O–H groups in total. The second-order valence-corrected chi connectivity index (χ2v) is 13.2. The average Bonchev–Trinajstić information content (AvgIpc) is 3.84. The fourth-order valence-electron chi connectivity index (χ4n) is 5.45. The minimum Gasteiger partial charge on any atom is -0.398 e. The van der Waals surface area contributed by atoms with E-state index in [2.05, 4.69) is 21.5 Å². The van der Waals surface area contributed by atoms with E-state index in [1.54, 1.807) is 4.90 Å². The molecule has 4 aromatic rings. The Morgan fingerprint density at radius 1 is 1.21 bits per heavy atom. The van der Waals surface area contributed by atoms with Gasteiger partial charge in [-0.05, 0) is 50.1 Å². The van der Waals surface area contributed by atoms with Gasteiger partial charge in [0.2, 0.25) is 5.91 Å². The molecule has 11 nitrogen and oxygen atoms in total. The predicted octanol–water partition coefficient (Wildman–Crippen LogP) is 3.38. The van der Waals surface area contributed by atoms with E-state index in [-0.39, 0.29) is 56.0 Å². The number of nitrogen functional groups attached to an aromatic ring is 1. The van der Waals surface area contributed by atoms with Crippen molar-refractivity contribution in [1.82, 2.24) is 24.4 Å². The number of piperazine rings is 1. The number of halogens is 2. The molecule has 1 aliphatic heterocycles. The summed E-state index contributed by atoms with van der Waals surface area (Å²) in [5.41, 5.74) is 5.26. The zero-order valence-electron chi connectivity index (χ0n) is 23.1. The quantitative estimate of drug-likeness (QED) is 0.252. The molecule has 2 aliphatic rings. The maximum Gasteiger partial charge on any atom is 0.355 e. The van der Waals surface area contributed by atoms with Crippen LogP contribution >= 0.6 is 11.6 Å². The van der Waals surface area contributed by atoms with Gasteiger partial charge < -0.3 is 15.5 Å². The molecular formula is C29H27ClFN7O4S. The highest BCUT2D eigenvalue weighted by atomic mass is 35.5. The summed E-state index contributed by atoms with van der Waals surface area (Å²) < 4.78 is 43.0. The lowest BCUT2D eigenvalue weighted by molar-refractivity contribution is -0.126. The van der Waals surface area contributed by atoms with Crippen molar-refractivity contribution >= 4 is 49.9 Å². The number of carbonyl (C=O) groups excluding carboxylic acids is 1. The lowest BCUT2D eigenvalue weighted by Gasteiger charge is -2.40. The number of carbonyl (C=O) groups is 1. The normalized spacial score (nSPS) is 17.3. The van der Waals surface area contributed by atoms with Crippen LogP contribution in [-0.4, -0.2) is 69.7 Å². The number of amides is 1. The number of hydrogen-bond acceptors (Lipinski definition) is 9. The number of fused-ring (bicyclic) bond motifs is 1. The molecule has 43 heavy (non-hydrogen) atoms. The van der Waals surface area contributed by atoms with Crippen molar-refractivity contribution < 1.29 is 17.6 Å². The number of rotatable bonds is 6. The molecule has 6 rings (SSSR count). The lowest BCUT2D eigenvalue weighted by Crippen LogP contribution is -2.54. The molecule has 0 bridgehead atoms. The van der Waals surface area contributed by atoms with E-state index in [4.69, 9.17) is 17.3 Å². The molecule has 4 heterocycles. The van der Waals surface area contributed by atoms with E-state index in [0.29, 0.717) is 37.9 Å². The van der Waals surface area contributed by atoms with Gasteiger partial charge >= 0.3 is 5.69 Å². The zero-order chi connectivity index (χ0) is 30.6. The summed E-state index contributed by atoms with van der Waals surface area (Å²) in [5, 5.41) is -0.200. The van der Waals surface area contributed by atoms with E-state index in [0.717, 1.165) is 4.57 Å². The molecule has 0 spiro atoms. The third kappa shape index (κ3) is 4.91. The first-order valence-corrected chi connectivity index (χ1v) is 15.5. The first-order chi connectivity index (χ1) is 20.5. The number of anilines is 2. The molecule has 1 aliphatic carbocycles. The highest BCUT2D eigenvalue weighted by Crippen LogP contribution is 2.39. The van der Waals surface area contributed by atoms with Crippen molar-refractivity contribution in [1.29, 1.82) is 0 Å². The molecule has 2 fully saturated rings. The molecule has 14 heteroatoms. The van der Waals surface area contributed by atoms with Crippen LogP contribution in [-0.2, 0) is 14.6 Å². The number of aromatic nitrogens is 4. The van der Waals surface area contributed by atoms with Gasteiger partial charge in [-0.2, -0.15) is 4.98 Å². The van der Waals surface area contributed by atoms with Crippen molar-refractivity contribution in [2.24, 2.45) is 0 Å². The standard InChI is InChI=1S/C29H27ClFN7O4S/c1-3-24(39)36-11-12-37(16(2)15-36)27-18-13-19(30)26(25-20(31)5-4-6-21(25)32)34-28(18)38(29(40)35-27)22-14-33-10-9-23(22)43(41,42)17-7-8-17/h3-6,9-10,13-14,16-17H,1,7-8,11-12,15,32H2,2H3/t16-/m0/s1. The van der Waals surface area contributed by atoms with Crippen molar-refractivity contribution in [3.63, 3.8) is 0 Å². The van der Waals surface area contributed by atoms with Gasteiger partial charge in [0.25, 0.3) is 0 Å². The first kappa shape index (κ1) is 28.7. The summed E-state index contributed by atoms with van der Waals surface area (Å²) in [6, 6.07) is 6.75. The summed E-state index contributed by atoms with van der Waals surface area (Å²) in [7, 11) is -3.79. The van der Waals surface area contributed by atoms with Crippen molar-refractivity contribution in [2.75, 3.05) is 30.3 Å². The number of pyridine rings is 2. The van der Waals surface area contributed by atoms with Crippen LogP contribution in [0.15, 0.2) is 65.1 Å². The summed E-state index contributed by atoms with van der Waals surface area (Å²) in [5.74, 6) is -0.642. The van der Waals surface area contributed by atoms with Crippen molar-refractivity contribution in [2.45, 2.75) is 36.0 Å². The van der Waals surface area contributed by atoms with Crippen LogP contribution in [0.2, 0.25) is 5.02 Å². The van der Waals surface area contributed by atoms with E-state index in [9.17, 15) is 18.0 Å². The van der Waals surface area contributed by atoms with Crippen LogP contribution in [0.25, 0.3) is 28.0 Å². The Bertz CT molecular complexity index is 1960. The van der Waals surface area contributed by atoms with Gasteiger partial charge in [-0.25, -0.2) is 27.2 Å². The molecule has 1 saturated carbocycles. The largest absolute Gasteiger partial charge is 0.398 e. The van der Waals surface area contributed by atoms with Gasteiger partial charge in [-0.1, -0.05) is 24.2 Å². The van der Waals surface area contributed by atoms with Crippen LogP contribution < -0.4 is 16.3 Å². The van der Waals surface area contributed by atoms with E-state index >= 15 is 4.39 Å². The topological polar surface area (TPSA) is 144 Å². The second-order valence-electron chi connectivity index (χ2n) is 10.6. The summed E-state index contributed by atoms with van der Waals surface area (Å²) in [6.45, 7) is 6.46. The van der Waals surface area contributed by atoms with Gasteiger partial charge in [0.05, 0.1) is 43.7 Å². The molecule has 0 radical (unpaired) electrons. The summed E-state index contributed by atoms with van der Waals surface area (Å²) in [6.07, 6.45) is 4.89. The number of benzene rings is 1. The highest BCUT2D eigenvalue weighted by Gasteiger charge is 2.39. The van der Waals surface area contributed by atoms with Gasteiger partial charge in [-0.3, -0.25) is 9.78 Å². The molecule has 1 saturated heterocycles. The van der Waals surface area contributed by atoms with Crippen molar-refractivity contribution in [3.8, 4) is 16.9 Å². The molecule has 3 aromatic heterocycles. The Morgan fingerprint density at radius 3 is 2.65 bits per heavy atom. The average molecular weight is 624 g/mol. The van der Waals surface area contributed by atoms with Crippen LogP contribution in [0.5, 0.6) is 0 Å². The molecule has 222 valence electrons. The molecular weight excluding hydrogens is 597 g/mol. The predicted molar refractivity (Wildman–Crippen MR) is 162 cm³/mol. The van der Waals surface area contributed by atoms with Gasteiger partial charge in [0.1, 0.15) is 11.6 Å². The van der Waals surface area contributed by atoms with E-state index in [1.807, 2.05) is 11.8 Å². The smallest absolute Gasteiger partial charge is 0.355 e. The number of nitrogens with zero attached hydrogens (tertiary/aromatic N) is 6. The second kappa shape index (κ2) is 10.7. The van der Waals surface area contributed by atoms with Crippen molar-refractivity contribution in [3.05, 3.63) is 76.7 Å². The number of hydrogen-bond donors (Lipinski definition) is 1. The zero-order valence-corrected chi connectivity index (χ0v) is 24.6. The molecule has 1 atom stereocenters. The maximum atomic E-state index is 15.1. The third-order valence-corrected chi connectivity index (χ3v) is 10.3. The third-order valence-electron chi connectivity index (χ3n) is 7.74. The minimum atomic E-state index is -3.79. The Labute approximate surface area is 251 Å². The lowest BCUT2D eigenvalue weighted by atomic mass is 10.1. The fourth-order valence-corrected chi connectivity index (χ4v) is 7.50. The maximum absolute atomic E-state index is 15.1. The van der Waals surface area contributed by atoms with E-state index in [1.165, 1.54) is 48.8 Å². The Morgan fingerprint density at radius 2 is 1.98 bits per heavy atom. The van der Waals surface area contributed by atoms with Gasteiger partial charge in [0, 0.05) is 37.6 Å². The fraction of sp³-hybridized carbons (Fsp3) is 0.276. The van der Waals surface area contributed by atoms with Crippen LogP contribution in [0.3, 0.4) is 0 Å². The Hall–Kier alpha value is -4.36. The van der Waals surface area contributed by atoms with Crippen LogP contribution in [0.1, 0.15) is 19.8 Å². The SMILES string of the molecule is C=CC(=O)N1CCN(c2nc(=O)n(-c3cnccc3S(=O)(=O)C3CC3)c3nc(-c4c(N)cccc4F)c(Cl)cc23)[C@@H](C)C1. The number of nitrogens with two attached hydrogens (primary N) is 1. The molecule has 1 amide bonds. The summed E-state index contributed by atoms with van der Waals surface area (Å²) in [4.78, 5) is 42.8. The molecule has 1 aromatic carbocycles. The van der Waals surface area contributed by atoms with Crippen LogP contribution in [0.4, 0.5) is 15.9 Å². The number of sulfone groups is 1. The highest BCUT2D eigenvalue weighted by molar-refractivity contribution is 7.92. The van der Waals surface area contributed by atoms with Gasteiger partial charge in [0.15, 0.2) is 15.5 Å². The summed E-state index contributed by atoms with van der Waals surface area (Å²) >= 11 is 6.71. The van der Waals surface area contributed by atoms with Gasteiger partial charge in [-0.15, -0.1) is 0 Å². The Kier molecular flexibility index (Phi) is 7.17.